The molecule has 0 atom stereocenters. The molecule has 0 aromatic heterocycles. The van der Waals surface area contributed by atoms with Gasteiger partial charge in [0.2, 0.25) is 5.91 Å². The van der Waals surface area contributed by atoms with E-state index < -0.39 is 0 Å². The molecule has 0 radical (unpaired) electrons. The minimum atomic E-state index is -0.387. The van der Waals surface area contributed by atoms with E-state index in [2.05, 4.69) is 10.6 Å². The first kappa shape index (κ1) is 18.7. The van der Waals surface area contributed by atoms with Crippen molar-refractivity contribution >= 4 is 29.2 Å². The Morgan fingerprint density at radius 1 is 1.16 bits per heavy atom. The summed E-state index contributed by atoms with van der Waals surface area (Å²) in [5.74, 6) is -0.627. The molecule has 2 rings (SSSR count). The van der Waals surface area contributed by atoms with Gasteiger partial charge in [-0.2, -0.15) is 0 Å². The molecule has 0 heterocycles. The number of rotatable bonds is 6. The summed E-state index contributed by atoms with van der Waals surface area (Å²) in [5.41, 5.74) is 1.34. The minimum absolute atomic E-state index is 0.0793. The van der Waals surface area contributed by atoms with Crippen LogP contribution in [0.4, 0.5) is 14.9 Å². The third-order valence-electron chi connectivity index (χ3n) is 3.48. The Labute approximate surface area is 150 Å². The summed E-state index contributed by atoms with van der Waals surface area (Å²) in [7, 11) is 0. The number of hydrogen-bond acceptors (Lipinski definition) is 2. The van der Waals surface area contributed by atoms with Gasteiger partial charge in [-0.05, 0) is 42.8 Å². The van der Waals surface area contributed by atoms with E-state index in [-0.39, 0.29) is 30.8 Å². The highest BCUT2D eigenvalue weighted by Crippen LogP contribution is 2.15. The lowest BCUT2D eigenvalue weighted by Gasteiger charge is -2.21. The largest absolute Gasteiger partial charge is 0.350 e. The van der Waals surface area contributed by atoms with Gasteiger partial charge in [0.1, 0.15) is 12.4 Å². The van der Waals surface area contributed by atoms with E-state index >= 15 is 0 Å². The van der Waals surface area contributed by atoms with Crippen LogP contribution in [-0.4, -0.2) is 29.9 Å². The van der Waals surface area contributed by atoms with Crippen molar-refractivity contribution in [1.29, 1.82) is 0 Å². The highest BCUT2D eigenvalue weighted by Gasteiger charge is 2.15. The number of carbonyl (C=O) groups is 2. The number of hydrogen-bond donors (Lipinski definition) is 2. The average molecular weight is 364 g/mol. The molecule has 5 nitrogen and oxygen atoms in total. The fourth-order valence-electron chi connectivity index (χ4n) is 2.13. The smallest absolute Gasteiger partial charge is 0.322 e. The van der Waals surface area contributed by atoms with Crippen molar-refractivity contribution in [2.45, 2.75) is 13.5 Å². The quantitative estimate of drug-likeness (QED) is 0.823. The molecule has 2 N–H and O–H groups in total. The van der Waals surface area contributed by atoms with Crippen molar-refractivity contribution in [3.8, 4) is 0 Å². The van der Waals surface area contributed by atoms with Crippen LogP contribution in [0.15, 0.2) is 48.5 Å². The van der Waals surface area contributed by atoms with Gasteiger partial charge < -0.3 is 15.5 Å². The normalized spacial score (nSPS) is 10.2. The molecular formula is C18H19ClFN3O2. The van der Waals surface area contributed by atoms with Crippen LogP contribution >= 0.6 is 11.6 Å². The Balaban J connectivity index is 1.86. The number of anilines is 1. The monoisotopic (exact) mass is 363 g/mol. The van der Waals surface area contributed by atoms with Crippen LogP contribution in [0.25, 0.3) is 0 Å². The molecule has 0 aliphatic rings. The van der Waals surface area contributed by atoms with Gasteiger partial charge in [-0.1, -0.05) is 29.8 Å². The number of likely N-dealkylation sites (N-methyl/N-ethyl adjacent to an activating group) is 1. The van der Waals surface area contributed by atoms with Crippen molar-refractivity contribution in [3.63, 3.8) is 0 Å². The topological polar surface area (TPSA) is 61.4 Å². The van der Waals surface area contributed by atoms with Gasteiger partial charge in [0.25, 0.3) is 0 Å². The van der Waals surface area contributed by atoms with E-state index in [4.69, 9.17) is 11.6 Å². The lowest BCUT2D eigenvalue weighted by Crippen LogP contribution is -2.42. The van der Waals surface area contributed by atoms with Crippen LogP contribution in [0.1, 0.15) is 12.5 Å². The van der Waals surface area contributed by atoms with Crippen molar-refractivity contribution in [1.82, 2.24) is 10.2 Å². The van der Waals surface area contributed by atoms with Crippen LogP contribution in [0.2, 0.25) is 5.02 Å². The molecule has 0 aliphatic carbocycles. The Kier molecular flexibility index (Phi) is 6.77. The molecule has 0 bridgehead atoms. The van der Waals surface area contributed by atoms with Crippen LogP contribution in [0.3, 0.4) is 0 Å². The van der Waals surface area contributed by atoms with Crippen LogP contribution in [0, 0.1) is 5.82 Å². The maximum Gasteiger partial charge on any atom is 0.322 e. The van der Waals surface area contributed by atoms with Gasteiger partial charge in [-0.3, -0.25) is 4.79 Å². The first-order valence-corrected chi connectivity index (χ1v) is 8.18. The van der Waals surface area contributed by atoms with Crippen molar-refractivity contribution in [3.05, 3.63) is 64.9 Å². The summed E-state index contributed by atoms with van der Waals surface area (Å²) in [4.78, 5) is 25.7. The lowest BCUT2D eigenvalue weighted by molar-refractivity contribution is -0.121. The molecule has 25 heavy (non-hydrogen) atoms. The van der Waals surface area contributed by atoms with Crippen LogP contribution in [0.5, 0.6) is 0 Å². The number of carbonyl (C=O) groups excluding carboxylic acids is 2. The Hall–Kier alpha value is -2.60. The molecule has 2 aromatic carbocycles. The summed E-state index contributed by atoms with van der Waals surface area (Å²) in [6.45, 7) is 2.35. The van der Waals surface area contributed by atoms with Gasteiger partial charge in [0.15, 0.2) is 0 Å². The summed E-state index contributed by atoms with van der Waals surface area (Å²) >= 11 is 5.88. The second kappa shape index (κ2) is 9.03. The summed E-state index contributed by atoms with van der Waals surface area (Å²) < 4.78 is 12.8. The molecular weight excluding hydrogens is 345 g/mol. The van der Waals surface area contributed by atoms with E-state index in [0.717, 1.165) is 5.56 Å². The summed E-state index contributed by atoms with van der Waals surface area (Å²) in [6, 6.07) is 12.2. The summed E-state index contributed by atoms with van der Waals surface area (Å²) in [6.07, 6.45) is 0. The van der Waals surface area contributed by atoms with E-state index in [1.54, 1.807) is 43.3 Å². The van der Waals surface area contributed by atoms with Crippen molar-refractivity contribution < 1.29 is 14.0 Å². The molecule has 132 valence electrons. The molecule has 0 unspecified atom stereocenters. The number of nitrogens with zero attached hydrogens (tertiary/aromatic N) is 1. The maximum atomic E-state index is 12.8. The fraction of sp³-hybridized carbons (Fsp3) is 0.222. The van der Waals surface area contributed by atoms with E-state index in [1.807, 2.05) is 0 Å². The Morgan fingerprint density at radius 3 is 2.52 bits per heavy atom. The first-order valence-electron chi connectivity index (χ1n) is 7.80. The predicted octanol–water partition coefficient (Wildman–Crippen LogP) is 3.65. The third-order valence-corrected chi connectivity index (χ3v) is 3.72. The van der Waals surface area contributed by atoms with Gasteiger partial charge in [-0.15, -0.1) is 0 Å². The Bertz CT molecular complexity index is 737. The number of urea groups is 1. The van der Waals surface area contributed by atoms with Gasteiger partial charge in [0.05, 0.1) is 0 Å². The molecule has 7 heteroatoms. The molecule has 0 saturated carbocycles. The van der Waals surface area contributed by atoms with Crippen molar-refractivity contribution in [2.75, 3.05) is 18.4 Å². The number of amides is 3. The average Bonchev–Trinajstić information content (AvgIpc) is 2.59. The predicted molar refractivity (Wildman–Crippen MR) is 96.0 cm³/mol. The first-order chi connectivity index (χ1) is 12.0. The van der Waals surface area contributed by atoms with E-state index in [9.17, 15) is 14.0 Å². The second-order valence-corrected chi connectivity index (χ2v) is 5.79. The number of halogens is 2. The Morgan fingerprint density at radius 2 is 1.88 bits per heavy atom. The van der Waals surface area contributed by atoms with Crippen LogP contribution < -0.4 is 10.6 Å². The second-order valence-electron chi connectivity index (χ2n) is 5.36. The van der Waals surface area contributed by atoms with Gasteiger partial charge >= 0.3 is 6.03 Å². The maximum absolute atomic E-state index is 12.8. The molecule has 0 fully saturated rings. The molecule has 3 amide bonds. The fourth-order valence-corrected chi connectivity index (χ4v) is 2.32. The molecule has 2 aromatic rings. The zero-order valence-corrected chi connectivity index (χ0v) is 14.5. The highest BCUT2D eigenvalue weighted by molar-refractivity contribution is 6.30. The van der Waals surface area contributed by atoms with E-state index in [0.29, 0.717) is 17.3 Å². The molecule has 0 aliphatic heterocycles. The minimum Gasteiger partial charge on any atom is -0.350 e. The third kappa shape index (κ3) is 6.08. The SMILES string of the molecule is CCN(CC(=O)NCc1ccc(F)cc1)C(=O)Nc1cccc(Cl)c1. The molecule has 0 saturated heterocycles. The van der Waals surface area contributed by atoms with E-state index in [1.165, 1.54) is 17.0 Å². The highest BCUT2D eigenvalue weighted by atomic mass is 35.5. The zero-order valence-electron chi connectivity index (χ0n) is 13.8. The van der Waals surface area contributed by atoms with Gasteiger partial charge in [-0.25, -0.2) is 9.18 Å². The summed E-state index contributed by atoms with van der Waals surface area (Å²) in [5, 5.41) is 5.92. The number of benzene rings is 2. The standard InChI is InChI=1S/C18H19ClFN3O2/c1-2-23(18(25)22-16-5-3-4-14(19)10-16)12-17(24)21-11-13-6-8-15(20)9-7-13/h3-10H,2,11-12H2,1H3,(H,21,24)(H,22,25). The molecule has 0 spiro atoms. The van der Waals surface area contributed by atoms with Gasteiger partial charge in [0, 0.05) is 23.8 Å². The number of nitrogens with one attached hydrogen (secondary N) is 2. The van der Waals surface area contributed by atoms with Crippen molar-refractivity contribution in [2.24, 2.45) is 0 Å². The lowest BCUT2D eigenvalue weighted by atomic mass is 10.2. The van der Waals surface area contributed by atoms with Crippen LogP contribution in [-0.2, 0) is 11.3 Å². The zero-order chi connectivity index (χ0) is 18.2.